The minimum atomic E-state index is 0.672. The van der Waals surface area contributed by atoms with Gasteiger partial charge in [0.15, 0.2) is 0 Å². The van der Waals surface area contributed by atoms with Gasteiger partial charge in [-0.1, -0.05) is 19.1 Å². The summed E-state index contributed by atoms with van der Waals surface area (Å²) in [5, 5.41) is 11.4. The molecule has 4 heteroatoms. The minimum Gasteiger partial charge on any atom is -0.317 e. The van der Waals surface area contributed by atoms with Crippen molar-refractivity contribution in [3.63, 3.8) is 0 Å². The van der Waals surface area contributed by atoms with Crippen LogP contribution >= 0.6 is 0 Å². The van der Waals surface area contributed by atoms with E-state index in [9.17, 15) is 0 Å². The first-order valence-corrected chi connectivity index (χ1v) is 5.78. The molecule has 0 aromatic carbocycles. The third-order valence-electron chi connectivity index (χ3n) is 2.45. The van der Waals surface area contributed by atoms with Crippen LogP contribution in [0.5, 0.6) is 0 Å². The van der Waals surface area contributed by atoms with Crippen LogP contribution in [0.3, 0.4) is 0 Å². The van der Waals surface area contributed by atoms with Crippen molar-refractivity contribution in [3.05, 3.63) is 11.9 Å². The van der Waals surface area contributed by atoms with Crippen molar-refractivity contribution in [1.82, 2.24) is 20.3 Å². The summed E-state index contributed by atoms with van der Waals surface area (Å²) >= 11 is 0. The van der Waals surface area contributed by atoms with Crippen LogP contribution in [0.1, 0.15) is 32.4 Å². The van der Waals surface area contributed by atoms with Gasteiger partial charge >= 0.3 is 0 Å². The second kappa shape index (κ2) is 6.56. The lowest BCUT2D eigenvalue weighted by Crippen LogP contribution is -2.18. The summed E-state index contributed by atoms with van der Waals surface area (Å²) in [6.45, 7) is 6.69. The predicted molar refractivity (Wildman–Crippen MR) is 61.6 cm³/mol. The summed E-state index contributed by atoms with van der Waals surface area (Å²) in [5.41, 5.74) is 1.10. The van der Waals surface area contributed by atoms with E-state index in [-0.39, 0.29) is 0 Å². The van der Waals surface area contributed by atoms with Gasteiger partial charge in [-0.05, 0) is 38.3 Å². The quantitative estimate of drug-likeness (QED) is 0.691. The van der Waals surface area contributed by atoms with Crippen molar-refractivity contribution in [2.45, 2.75) is 33.1 Å². The zero-order valence-corrected chi connectivity index (χ0v) is 10.0. The molecule has 1 aromatic heterocycles. The smallest absolute Gasteiger partial charge is 0.0829 e. The standard InChI is InChI=1S/C11H22N4/c1-4-6-12-7-5-10(2)8-11-9-15(3)14-13-11/h9-10,12H,4-8H2,1-3H3. The molecule has 1 aromatic rings. The Morgan fingerprint density at radius 1 is 1.47 bits per heavy atom. The van der Waals surface area contributed by atoms with Gasteiger partial charge in [0, 0.05) is 13.2 Å². The summed E-state index contributed by atoms with van der Waals surface area (Å²) < 4.78 is 1.76. The normalized spacial score (nSPS) is 13.0. The fraction of sp³-hybridized carbons (Fsp3) is 0.818. The van der Waals surface area contributed by atoms with E-state index in [4.69, 9.17) is 0 Å². The summed E-state index contributed by atoms with van der Waals surface area (Å²) in [5.74, 6) is 0.672. The van der Waals surface area contributed by atoms with Crippen LogP contribution in [-0.2, 0) is 13.5 Å². The number of rotatable bonds is 7. The summed E-state index contributed by atoms with van der Waals surface area (Å²) in [6.07, 6.45) is 5.44. The lowest BCUT2D eigenvalue weighted by atomic mass is 10.0. The predicted octanol–water partition coefficient (Wildman–Crippen LogP) is 1.38. The molecule has 0 radical (unpaired) electrons. The van der Waals surface area contributed by atoms with E-state index >= 15 is 0 Å². The molecule has 0 aliphatic heterocycles. The van der Waals surface area contributed by atoms with Crippen molar-refractivity contribution in [1.29, 1.82) is 0 Å². The highest BCUT2D eigenvalue weighted by Crippen LogP contribution is 2.08. The Hall–Kier alpha value is -0.900. The molecule has 1 unspecified atom stereocenters. The number of nitrogens with one attached hydrogen (secondary N) is 1. The Bertz CT molecular complexity index is 269. The van der Waals surface area contributed by atoms with Crippen LogP contribution in [0.2, 0.25) is 0 Å². The van der Waals surface area contributed by atoms with Crippen molar-refractivity contribution >= 4 is 0 Å². The van der Waals surface area contributed by atoms with Crippen LogP contribution in [0, 0.1) is 5.92 Å². The third kappa shape index (κ3) is 4.93. The number of nitrogens with zero attached hydrogens (tertiary/aromatic N) is 3. The van der Waals surface area contributed by atoms with Crippen LogP contribution in [0.25, 0.3) is 0 Å². The largest absolute Gasteiger partial charge is 0.317 e. The van der Waals surface area contributed by atoms with Crippen LogP contribution in [0.4, 0.5) is 0 Å². The van der Waals surface area contributed by atoms with Gasteiger partial charge < -0.3 is 5.32 Å². The van der Waals surface area contributed by atoms with Crippen LogP contribution in [0.15, 0.2) is 6.20 Å². The molecule has 0 bridgehead atoms. The zero-order chi connectivity index (χ0) is 11.1. The molecule has 1 heterocycles. The van der Waals surface area contributed by atoms with Crippen LogP contribution in [-0.4, -0.2) is 28.1 Å². The zero-order valence-electron chi connectivity index (χ0n) is 10.0. The molecule has 15 heavy (non-hydrogen) atoms. The van der Waals surface area contributed by atoms with Crippen molar-refractivity contribution in [3.8, 4) is 0 Å². The second-order valence-electron chi connectivity index (χ2n) is 4.23. The average Bonchev–Trinajstić information content (AvgIpc) is 2.59. The molecular formula is C11H22N4. The molecular weight excluding hydrogens is 188 g/mol. The number of hydrogen-bond acceptors (Lipinski definition) is 3. The fourth-order valence-electron chi connectivity index (χ4n) is 1.60. The van der Waals surface area contributed by atoms with Gasteiger partial charge in [0.2, 0.25) is 0 Å². The molecule has 4 nitrogen and oxygen atoms in total. The second-order valence-corrected chi connectivity index (χ2v) is 4.23. The fourth-order valence-corrected chi connectivity index (χ4v) is 1.60. The van der Waals surface area contributed by atoms with Crippen molar-refractivity contribution < 1.29 is 0 Å². The van der Waals surface area contributed by atoms with E-state index in [1.807, 2.05) is 13.2 Å². The molecule has 0 saturated carbocycles. The lowest BCUT2D eigenvalue weighted by Gasteiger charge is -2.09. The van der Waals surface area contributed by atoms with Gasteiger partial charge in [0.05, 0.1) is 5.69 Å². The number of hydrogen-bond donors (Lipinski definition) is 1. The van der Waals surface area contributed by atoms with E-state index in [1.54, 1.807) is 4.68 Å². The van der Waals surface area contributed by atoms with Gasteiger partial charge in [0.25, 0.3) is 0 Å². The topological polar surface area (TPSA) is 42.7 Å². The summed E-state index contributed by atoms with van der Waals surface area (Å²) in [4.78, 5) is 0. The monoisotopic (exact) mass is 210 g/mol. The Balaban J connectivity index is 2.15. The van der Waals surface area contributed by atoms with E-state index < -0.39 is 0 Å². The Kier molecular flexibility index (Phi) is 5.32. The molecule has 0 spiro atoms. The minimum absolute atomic E-state index is 0.672. The Labute approximate surface area is 92.1 Å². The van der Waals surface area contributed by atoms with Crippen LogP contribution < -0.4 is 5.32 Å². The van der Waals surface area contributed by atoms with Crippen molar-refractivity contribution in [2.24, 2.45) is 13.0 Å². The maximum Gasteiger partial charge on any atom is 0.0829 e. The van der Waals surface area contributed by atoms with Gasteiger partial charge in [-0.2, -0.15) is 0 Å². The maximum atomic E-state index is 4.09. The first-order chi connectivity index (χ1) is 7.22. The molecule has 1 N–H and O–H groups in total. The number of aryl methyl sites for hydroxylation is 1. The lowest BCUT2D eigenvalue weighted by molar-refractivity contribution is 0.494. The summed E-state index contributed by atoms with van der Waals surface area (Å²) in [7, 11) is 1.91. The van der Waals surface area contributed by atoms with E-state index in [2.05, 4.69) is 29.5 Å². The first-order valence-electron chi connectivity index (χ1n) is 5.78. The van der Waals surface area contributed by atoms with Gasteiger partial charge in [-0.15, -0.1) is 5.10 Å². The molecule has 86 valence electrons. The Morgan fingerprint density at radius 3 is 2.87 bits per heavy atom. The molecule has 0 saturated heterocycles. The molecule has 0 aliphatic carbocycles. The highest BCUT2D eigenvalue weighted by Gasteiger charge is 2.05. The Morgan fingerprint density at radius 2 is 2.27 bits per heavy atom. The number of aromatic nitrogens is 3. The summed E-state index contributed by atoms with van der Waals surface area (Å²) in [6, 6.07) is 0. The average molecular weight is 210 g/mol. The van der Waals surface area contributed by atoms with Gasteiger partial charge in [-0.25, -0.2) is 0 Å². The van der Waals surface area contributed by atoms with E-state index in [0.29, 0.717) is 5.92 Å². The molecule has 1 rings (SSSR count). The highest BCUT2D eigenvalue weighted by molar-refractivity contribution is 4.93. The molecule has 0 aliphatic rings. The SMILES string of the molecule is CCCNCCC(C)Cc1cn(C)nn1. The van der Waals surface area contributed by atoms with Crippen molar-refractivity contribution in [2.75, 3.05) is 13.1 Å². The van der Waals surface area contributed by atoms with E-state index in [0.717, 1.165) is 25.2 Å². The molecule has 0 fully saturated rings. The molecule has 0 amide bonds. The first kappa shape index (κ1) is 12.2. The molecule has 1 atom stereocenters. The van der Waals surface area contributed by atoms with Gasteiger partial charge in [-0.3, -0.25) is 4.68 Å². The van der Waals surface area contributed by atoms with Gasteiger partial charge in [0.1, 0.15) is 0 Å². The third-order valence-corrected chi connectivity index (χ3v) is 2.45. The maximum absolute atomic E-state index is 4.09. The van der Waals surface area contributed by atoms with E-state index in [1.165, 1.54) is 12.8 Å². The highest BCUT2D eigenvalue weighted by atomic mass is 15.4.